The van der Waals surface area contributed by atoms with Gasteiger partial charge < -0.3 is 33.5 Å². The van der Waals surface area contributed by atoms with Crippen molar-refractivity contribution in [3.8, 4) is 0 Å². The summed E-state index contributed by atoms with van der Waals surface area (Å²) in [7, 11) is 0. The van der Waals surface area contributed by atoms with Gasteiger partial charge in [0.15, 0.2) is 0 Å². The fourth-order valence-corrected chi connectivity index (χ4v) is 6.26. The van der Waals surface area contributed by atoms with Crippen LogP contribution >= 0.6 is 0 Å². The molecule has 0 atom stereocenters. The lowest BCUT2D eigenvalue weighted by atomic mass is 9.92. The normalized spacial score (nSPS) is 11.2. The molecule has 0 aromatic rings. The molecular weight excluding hydrogens is 773 g/mol. The second-order valence-corrected chi connectivity index (χ2v) is 16.2. The van der Waals surface area contributed by atoms with Gasteiger partial charge >= 0.3 is 35.8 Å². The molecule has 13 nitrogen and oxygen atoms in total. The number of esters is 6. The Labute approximate surface area is 362 Å². The quantitative estimate of drug-likeness (QED) is 0.0348. The van der Waals surface area contributed by atoms with E-state index in [-0.39, 0.29) is 75.7 Å². The summed E-state index contributed by atoms with van der Waals surface area (Å²) < 4.78 is 32.1. The van der Waals surface area contributed by atoms with E-state index < -0.39 is 49.8 Å². The zero-order chi connectivity index (χ0) is 44.4. The Morgan fingerprint density at radius 3 is 0.767 bits per heavy atom. The number of carbonyl (C=O) groups excluding carboxylic acids is 6. The topological polar surface area (TPSA) is 178 Å². The zero-order valence-corrected chi connectivity index (χ0v) is 38.0. The summed E-state index contributed by atoms with van der Waals surface area (Å²) in [6.07, 6.45) is 23.7. The molecule has 0 saturated heterocycles. The summed E-state index contributed by atoms with van der Waals surface area (Å²) in [6, 6.07) is 0. The number of hydrogen-bond acceptors (Lipinski definition) is 13. The molecule has 1 N–H and O–H groups in total. The van der Waals surface area contributed by atoms with Crippen molar-refractivity contribution in [2.45, 2.75) is 213 Å². The molecule has 0 aliphatic carbocycles. The van der Waals surface area contributed by atoms with Crippen LogP contribution in [0.3, 0.4) is 0 Å². The van der Waals surface area contributed by atoms with Gasteiger partial charge in [-0.2, -0.15) is 0 Å². The Balaban J connectivity index is 4.85. The highest BCUT2D eigenvalue weighted by Gasteiger charge is 2.35. The molecule has 13 heteroatoms. The molecule has 60 heavy (non-hydrogen) atoms. The SMILES string of the molecule is CCCCCCCCCOC(=O)CCCC(=O)OCC(CO)(COC(=O)CCCC(=O)OCCCCCCCCC)COC(=O)CCCC(=O)OCCCCCCCCC. The second-order valence-electron chi connectivity index (χ2n) is 16.2. The lowest BCUT2D eigenvalue weighted by Crippen LogP contribution is -2.42. The minimum atomic E-state index is -1.47. The fraction of sp³-hybridized carbons (Fsp3) is 0.872. The molecule has 0 heterocycles. The monoisotopic (exact) mass is 857 g/mol. The molecule has 0 fully saturated rings. The van der Waals surface area contributed by atoms with Gasteiger partial charge in [-0.3, -0.25) is 28.8 Å². The van der Waals surface area contributed by atoms with E-state index in [9.17, 15) is 33.9 Å². The highest BCUT2D eigenvalue weighted by Crippen LogP contribution is 2.21. The van der Waals surface area contributed by atoms with Crippen molar-refractivity contribution in [2.75, 3.05) is 46.2 Å². The van der Waals surface area contributed by atoms with E-state index in [0.29, 0.717) is 19.8 Å². The summed E-state index contributed by atoms with van der Waals surface area (Å²) in [6.45, 7) is 5.63. The molecule has 0 spiro atoms. The first kappa shape index (κ1) is 56.8. The third-order valence-corrected chi connectivity index (χ3v) is 10.3. The first-order chi connectivity index (χ1) is 29.1. The summed E-state index contributed by atoms with van der Waals surface area (Å²) >= 11 is 0. The third-order valence-electron chi connectivity index (χ3n) is 10.3. The van der Waals surface area contributed by atoms with Gasteiger partial charge in [-0.05, 0) is 38.5 Å². The van der Waals surface area contributed by atoms with E-state index in [4.69, 9.17) is 28.4 Å². The Morgan fingerprint density at radius 1 is 0.317 bits per heavy atom. The molecule has 0 radical (unpaired) electrons. The molecule has 0 saturated carbocycles. The molecule has 0 unspecified atom stereocenters. The Kier molecular flexibility index (Phi) is 38.9. The number of ether oxygens (including phenoxy) is 6. The van der Waals surface area contributed by atoms with Crippen LogP contribution in [0.25, 0.3) is 0 Å². The molecule has 0 aliphatic heterocycles. The van der Waals surface area contributed by atoms with Gasteiger partial charge in [-0.25, -0.2) is 0 Å². The average Bonchev–Trinajstić information content (AvgIpc) is 3.23. The first-order valence-electron chi connectivity index (χ1n) is 23.7. The van der Waals surface area contributed by atoms with Crippen molar-refractivity contribution in [3.63, 3.8) is 0 Å². The van der Waals surface area contributed by atoms with Crippen LogP contribution in [-0.4, -0.2) is 87.2 Å². The minimum absolute atomic E-state index is 0.0469. The number of carbonyl (C=O) groups is 6. The zero-order valence-electron chi connectivity index (χ0n) is 38.0. The Bertz CT molecular complexity index is 978. The van der Waals surface area contributed by atoms with Crippen molar-refractivity contribution < 1.29 is 62.3 Å². The Morgan fingerprint density at radius 2 is 0.533 bits per heavy atom. The molecule has 0 bridgehead atoms. The van der Waals surface area contributed by atoms with Crippen LogP contribution in [-0.2, 0) is 57.2 Å². The predicted molar refractivity (Wildman–Crippen MR) is 231 cm³/mol. The number of hydrogen-bond donors (Lipinski definition) is 1. The van der Waals surface area contributed by atoms with Crippen LogP contribution in [0.15, 0.2) is 0 Å². The first-order valence-corrected chi connectivity index (χ1v) is 23.7. The van der Waals surface area contributed by atoms with E-state index in [1.54, 1.807) is 0 Å². The highest BCUT2D eigenvalue weighted by atomic mass is 16.6. The fourth-order valence-electron chi connectivity index (χ4n) is 6.26. The smallest absolute Gasteiger partial charge is 0.305 e. The van der Waals surface area contributed by atoms with Gasteiger partial charge in [0.1, 0.15) is 19.8 Å². The van der Waals surface area contributed by atoms with Gasteiger partial charge in [-0.1, -0.05) is 136 Å². The van der Waals surface area contributed by atoms with E-state index in [1.807, 2.05) is 0 Å². The van der Waals surface area contributed by atoms with E-state index in [1.165, 1.54) is 77.0 Å². The van der Waals surface area contributed by atoms with Crippen molar-refractivity contribution in [1.29, 1.82) is 0 Å². The molecule has 0 amide bonds. The maximum Gasteiger partial charge on any atom is 0.305 e. The second kappa shape index (κ2) is 41.1. The van der Waals surface area contributed by atoms with E-state index in [0.717, 1.165) is 57.8 Å². The third kappa shape index (κ3) is 36.6. The van der Waals surface area contributed by atoms with E-state index >= 15 is 0 Å². The molecule has 0 aliphatic rings. The number of unbranched alkanes of at least 4 members (excludes halogenated alkanes) is 18. The van der Waals surface area contributed by atoms with Crippen LogP contribution in [0.4, 0.5) is 0 Å². The van der Waals surface area contributed by atoms with Crippen molar-refractivity contribution in [2.24, 2.45) is 5.41 Å². The van der Waals surface area contributed by atoms with Gasteiger partial charge in [0.05, 0.1) is 31.8 Å². The summed E-state index contributed by atoms with van der Waals surface area (Å²) in [5.74, 6) is -3.10. The van der Waals surface area contributed by atoms with Gasteiger partial charge in [-0.15, -0.1) is 0 Å². The standard InChI is InChI=1S/C47H84O13/c1-4-7-10-13-16-19-22-34-55-41(49)28-25-31-44(52)58-38-47(37-48,39-59-45(53)32-26-29-42(50)56-35-23-20-17-14-11-8-5-2)40-60-46(54)33-27-30-43(51)57-36-24-21-18-15-12-9-6-3/h48H,4-40H2,1-3H3. The maximum atomic E-state index is 12.7. The largest absolute Gasteiger partial charge is 0.466 e. The summed E-state index contributed by atoms with van der Waals surface area (Å²) in [5, 5.41) is 10.4. The average molecular weight is 857 g/mol. The molecule has 0 rings (SSSR count). The summed E-state index contributed by atoms with van der Waals surface area (Å²) in [4.78, 5) is 74.4. The number of rotatable bonds is 43. The summed E-state index contributed by atoms with van der Waals surface area (Å²) in [5.41, 5.74) is -1.47. The molecular formula is C47H84O13. The lowest BCUT2D eigenvalue weighted by Gasteiger charge is -2.30. The van der Waals surface area contributed by atoms with Gasteiger partial charge in [0.2, 0.25) is 0 Å². The van der Waals surface area contributed by atoms with Crippen LogP contribution in [0.5, 0.6) is 0 Å². The van der Waals surface area contributed by atoms with Crippen molar-refractivity contribution >= 4 is 35.8 Å². The van der Waals surface area contributed by atoms with Crippen LogP contribution in [0, 0.1) is 5.41 Å². The Hall–Kier alpha value is -3.22. The number of aliphatic hydroxyl groups excluding tert-OH is 1. The van der Waals surface area contributed by atoms with Crippen molar-refractivity contribution in [3.05, 3.63) is 0 Å². The van der Waals surface area contributed by atoms with Crippen LogP contribution in [0.2, 0.25) is 0 Å². The minimum Gasteiger partial charge on any atom is -0.466 e. The molecule has 0 aromatic heterocycles. The van der Waals surface area contributed by atoms with Crippen LogP contribution < -0.4 is 0 Å². The lowest BCUT2D eigenvalue weighted by molar-refractivity contribution is -0.165. The van der Waals surface area contributed by atoms with Gasteiger partial charge in [0, 0.05) is 38.5 Å². The maximum absolute atomic E-state index is 12.7. The van der Waals surface area contributed by atoms with E-state index in [2.05, 4.69) is 20.8 Å². The number of aliphatic hydroxyl groups is 1. The molecule has 0 aromatic carbocycles. The van der Waals surface area contributed by atoms with Crippen molar-refractivity contribution in [1.82, 2.24) is 0 Å². The van der Waals surface area contributed by atoms with Gasteiger partial charge in [0.25, 0.3) is 0 Å². The van der Waals surface area contributed by atoms with Crippen LogP contribution in [0.1, 0.15) is 213 Å². The predicted octanol–water partition coefficient (Wildman–Crippen LogP) is 9.99. The molecule has 350 valence electrons. The highest BCUT2D eigenvalue weighted by molar-refractivity contribution is 5.74.